The highest BCUT2D eigenvalue weighted by atomic mass is 16.2. The number of hydrogen-bond donors (Lipinski definition) is 2. The van der Waals surface area contributed by atoms with Gasteiger partial charge in [0.2, 0.25) is 0 Å². The smallest absolute Gasteiger partial charge is 0.314 e. The van der Waals surface area contributed by atoms with E-state index in [9.17, 15) is 9.59 Å². The minimum Gasteiger partial charge on any atom is -0.314 e. The van der Waals surface area contributed by atoms with Crippen LogP contribution in [0.15, 0.2) is 21.9 Å². The molecule has 0 amide bonds. The Balaban J connectivity index is 0.000000640. The predicted octanol–water partition coefficient (Wildman–Crippen LogP) is -0.824. The standard InChI is InChI=1S/C4H4N2O2/c7-3-1-2-5-4(8)6-3/h1-2H,(H2,5,6,7,8)/p+1. The molecular formula is C4H5N2O2+. The van der Waals surface area contributed by atoms with E-state index in [1.165, 1.54) is 12.3 Å². The molecule has 0 aliphatic carbocycles. The topological polar surface area (TPSA) is 65.7 Å². The molecule has 0 aliphatic rings. The molecule has 0 saturated heterocycles. The van der Waals surface area contributed by atoms with E-state index in [1.807, 2.05) is 4.98 Å². The molecule has 42 valence electrons. The zero-order chi connectivity index (χ0) is 5.98. The van der Waals surface area contributed by atoms with Crippen molar-refractivity contribution in [1.29, 1.82) is 0 Å². The van der Waals surface area contributed by atoms with E-state index in [-0.39, 0.29) is 6.99 Å². The first-order chi connectivity index (χ1) is 3.79. The molecule has 2 N–H and O–H groups in total. The maximum Gasteiger partial charge on any atom is 1.00 e. The lowest BCUT2D eigenvalue weighted by atomic mass is 10.7. The summed E-state index contributed by atoms with van der Waals surface area (Å²) in [6.45, 7) is 0. The van der Waals surface area contributed by atoms with Gasteiger partial charge in [0.1, 0.15) is 0 Å². The van der Waals surface area contributed by atoms with Crippen molar-refractivity contribution >= 4 is 0 Å². The monoisotopic (exact) mass is 113 g/mol. The molecule has 4 nitrogen and oxygen atoms in total. The Morgan fingerprint density at radius 2 is 2.25 bits per heavy atom. The zero-order valence-corrected chi connectivity index (χ0v) is 3.97. The molecule has 1 aromatic rings. The fourth-order valence-corrected chi connectivity index (χ4v) is 0.383. The molecule has 0 unspecified atom stereocenters. The molecule has 4 heteroatoms. The summed E-state index contributed by atoms with van der Waals surface area (Å²) in [5, 5.41) is 0. The van der Waals surface area contributed by atoms with Crippen molar-refractivity contribution in [2.45, 2.75) is 0 Å². The lowest BCUT2D eigenvalue weighted by Gasteiger charge is -1.75. The van der Waals surface area contributed by atoms with E-state index >= 15 is 0 Å². The van der Waals surface area contributed by atoms with Crippen molar-refractivity contribution < 1.29 is 1.43 Å². The van der Waals surface area contributed by atoms with Gasteiger partial charge in [-0.1, -0.05) is 0 Å². The highest BCUT2D eigenvalue weighted by molar-refractivity contribution is 4.77. The first-order valence-corrected chi connectivity index (χ1v) is 2.07. The van der Waals surface area contributed by atoms with Gasteiger partial charge in [-0.2, -0.15) is 0 Å². The Morgan fingerprint density at radius 1 is 1.50 bits per heavy atom. The van der Waals surface area contributed by atoms with Crippen molar-refractivity contribution in [1.82, 2.24) is 9.97 Å². The molecule has 0 bridgehead atoms. The minimum absolute atomic E-state index is 0. The van der Waals surface area contributed by atoms with Gasteiger partial charge in [0.25, 0.3) is 5.56 Å². The number of hydrogen-bond acceptors (Lipinski definition) is 2. The molecule has 1 rings (SSSR count). The van der Waals surface area contributed by atoms with Gasteiger partial charge in [-0.25, -0.2) is 4.79 Å². The number of nitrogens with one attached hydrogen (secondary N) is 2. The second-order valence-corrected chi connectivity index (χ2v) is 1.30. The van der Waals surface area contributed by atoms with Crippen LogP contribution in [0.4, 0.5) is 0 Å². The lowest BCUT2D eigenvalue weighted by molar-refractivity contribution is 1.04. The van der Waals surface area contributed by atoms with Crippen LogP contribution in [0.5, 0.6) is 0 Å². The minimum atomic E-state index is -0.475. The summed E-state index contributed by atoms with van der Waals surface area (Å²) in [6, 6.07) is 1.24. The molecule has 0 spiro atoms. The molecule has 0 aliphatic heterocycles. The normalized spacial score (nSPS) is 9.00. The summed E-state index contributed by atoms with van der Waals surface area (Å²) >= 11 is 0. The maximum absolute atomic E-state index is 10.2. The van der Waals surface area contributed by atoms with E-state index < -0.39 is 5.69 Å². The van der Waals surface area contributed by atoms with Crippen LogP contribution in [0, 0.1) is 0 Å². The number of H-pyrrole nitrogens is 2. The van der Waals surface area contributed by atoms with Crippen molar-refractivity contribution in [3.8, 4) is 0 Å². The fraction of sp³-hybridized carbons (Fsp3) is 0. The number of aromatic amines is 2. The van der Waals surface area contributed by atoms with E-state index in [1.54, 1.807) is 0 Å². The summed E-state index contributed by atoms with van der Waals surface area (Å²) in [5.74, 6) is 0. The van der Waals surface area contributed by atoms with Crippen LogP contribution in [-0.4, -0.2) is 9.97 Å². The predicted molar refractivity (Wildman–Crippen MR) is 28.8 cm³/mol. The van der Waals surface area contributed by atoms with Crippen molar-refractivity contribution in [3.05, 3.63) is 33.1 Å². The molecule has 1 aromatic heterocycles. The van der Waals surface area contributed by atoms with Crippen LogP contribution in [0.2, 0.25) is 0 Å². The van der Waals surface area contributed by atoms with Gasteiger partial charge in [0.15, 0.2) is 0 Å². The Morgan fingerprint density at radius 3 is 2.62 bits per heavy atom. The van der Waals surface area contributed by atoms with Gasteiger partial charge in [-0.15, -0.1) is 0 Å². The van der Waals surface area contributed by atoms with Gasteiger partial charge < -0.3 is 4.98 Å². The van der Waals surface area contributed by atoms with Gasteiger partial charge in [-0.05, 0) is 0 Å². The highest BCUT2D eigenvalue weighted by Gasteiger charge is 1.77. The largest absolute Gasteiger partial charge is 1.00 e. The molecule has 8 heavy (non-hydrogen) atoms. The fourth-order valence-electron chi connectivity index (χ4n) is 0.383. The summed E-state index contributed by atoms with van der Waals surface area (Å²) < 4.78 is 0. The van der Waals surface area contributed by atoms with Crippen LogP contribution in [0.3, 0.4) is 0 Å². The number of rotatable bonds is 0. The first kappa shape index (κ1) is 4.83. The summed E-state index contributed by atoms with van der Waals surface area (Å²) in [7, 11) is 0. The van der Waals surface area contributed by atoms with Crippen LogP contribution in [-0.2, 0) is 0 Å². The van der Waals surface area contributed by atoms with Crippen LogP contribution < -0.4 is 11.2 Å². The third kappa shape index (κ3) is 0.841. The third-order valence-corrected chi connectivity index (χ3v) is 0.686. The molecular weight excluding hydrogens is 108 g/mol. The quantitative estimate of drug-likeness (QED) is 0.461. The van der Waals surface area contributed by atoms with Crippen LogP contribution in [0.25, 0.3) is 0 Å². The van der Waals surface area contributed by atoms with E-state index in [0.717, 1.165) is 0 Å². The third-order valence-electron chi connectivity index (χ3n) is 0.686. The van der Waals surface area contributed by atoms with Crippen molar-refractivity contribution in [3.63, 3.8) is 0 Å². The van der Waals surface area contributed by atoms with Gasteiger partial charge in [-0.3, -0.25) is 9.78 Å². The summed E-state index contributed by atoms with van der Waals surface area (Å²) in [4.78, 5) is 24.7. The second-order valence-electron chi connectivity index (χ2n) is 1.30. The molecule has 0 saturated carbocycles. The molecule has 0 fully saturated rings. The number of aromatic nitrogens is 2. The van der Waals surface area contributed by atoms with Crippen molar-refractivity contribution in [2.75, 3.05) is 0 Å². The molecule has 0 atom stereocenters. The average Bonchev–Trinajstić information content (AvgIpc) is 1.64. The van der Waals surface area contributed by atoms with Crippen LogP contribution >= 0.6 is 0 Å². The molecule has 0 radical (unpaired) electrons. The summed E-state index contributed by atoms with van der Waals surface area (Å²) in [6.07, 6.45) is 1.29. The lowest BCUT2D eigenvalue weighted by Crippen LogP contribution is -2.19. The van der Waals surface area contributed by atoms with Gasteiger partial charge >= 0.3 is 7.12 Å². The van der Waals surface area contributed by atoms with E-state index in [0.29, 0.717) is 0 Å². The molecule has 1 heterocycles. The Kier molecular flexibility index (Phi) is 0.997. The second kappa shape index (κ2) is 1.65. The average molecular weight is 113 g/mol. The Bertz CT molecular complexity index is 251. The summed E-state index contributed by atoms with van der Waals surface area (Å²) in [5.41, 5.74) is -0.855. The first-order valence-electron chi connectivity index (χ1n) is 2.07. The zero-order valence-electron chi connectivity index (χ0n) is 4.97. The SMILES string of the molecule is O=c1cc[nH]c(=O)[nH]1.[H+]. The maximum atomic E-state index is 10.2. The van der Waals surface area contributed by atoms with E-state index in [2.05, 4.69) is 4.98 Å². The van der Waals surface area contributed by atoms with Crippen LogP contribution in [0.1, 0.15) is 1.43 Å². The highest BCUT2D eigenvalue weighted by Crippen LogP contribution is 1.51. The van der Waals surface area contributed by atoms with Crippen molar-refractivity contribution in [2.24, 2.45) is 0 Å². The van der Waals surface area contributed by atoms with Gasteiger partial charge in [0.05, 0.1) is 0 Å². The van der Waals surface area contributed by atoms with E-state index in [4.69, 9.17) is 0 Å². The Labute approximate surface area is 45.7 Å². The van der Waals surface area contributed by atoms with Gasteiger partial charge in [0, 0.05) is 12.3 Å². The molecule has 0 aromatic carbocycles. The Hall–Kier alpha value is -1.32.